The first-order valence-corrected chi connectivity index (χ1v) is 9.34. The normalized spacial score (nSPS) is 12.6. The molecule has 3 aromatic rings. The molecule has 0 saturated carbocycles. The molecule has 0 radical (unpaired) electrons. The van der Waals surface area contributed by atoms with Crippen LogP contribution in [0.3, 0.4) is 0 Å². The van der Waals surface area contributed by atoms with Gasteiger partial charge in [0.2, 0.25) is 0 Å². The van der Waals surface area contributed by atoms with Gasteiger partial charge in [-0.15, -0.1) is 0 Å². The van der Waals surface area contributed by atoms with Gasteiger partial charge in [-0.2, -0.15) is 0 Å². The van der Waals surface area contributed by atoms with Crippen LogP contribution < -0.4 is 5.32 Å². The van der Waals surface area contributed by atoms with Gasteiger partial charge in [0.1, 0.15) is 18.2 Å². The molecule has 0 unspecified atom stereocenters. The van der Waals surface area contributed by atoms with Crippen LogP contribution >= 0.6 is 0 Å². The van der Waals surface area contributed by atoms with Gasteiger partial charge in [0.25, 0.3) is 0 Å². The van der Waals surface area contributed by atoms with Crippen molar-refractivity contribution in [1.29, 1.82) is 0 Å². The molecular weight excluding hydrogens is 372 g/mol. The highest BCUT2D eigenvalue weighted by Gasteiger charge is 2.28. The van der Waals surface area contributed by atoms with E-state index in [0.29, 0.717) is 0 Å². The molecule has 1 aliphatic carbocycles. The number of nitrogens with one attached hydrogen (secondary N) is 1. The third-order valence-corrected chi connectivity index (χ3v) is 4.99. The van der Waals surface area contributed by atoms with E-state index < -0.39 is 17.7 Å². The van der Waals surface area contributed by atoms with Crippen molar-refractivity contribution in [2.24, 2.45) is 0 Å². The number of carbonyl (C=O) groups excluding carboxylic acids is 1. The average Bonchev–Trinajstić information content (AvgIpc) is 3.05. The average molecular weight is 391 g/mol. The highest BCUT2D eigenvalue weighted by Crippen LogP contribution is 2.44. The van der Waals surface area contributed by atoms with Crippen molar-refractivity contribution in [3.8, 4) is 11.1 Å². The molecule has 5 heteroatoms. The molecule has 0 atom stereocenters. The summed E-state index contributed by atoms with van der Waals surface area (Å²) in [5, 5.41) is 2.57. The lowest BCUT2D eigenvalue weighted by molar-refractivity contribution is 0.144. The SMILES string of the molecule is O=C(NCC=Cc1c(F)cccc1F)OCC1c2ccccc2-c2ccccc21. The van der Waals surface area contributed by atoms with Crippen molar-refractivity contribution in [2.75, 3.05) is 13.2 Å². The van der Waals surface area contributed by atoms with Crippen LogP contribution in [-0.2, 0) is 4.74 Å². The fourth-order valence-electron chi connectivity index (χ4n) is 3.64. The van der Waals surface area contributed by atoms with Crippen LogP contribution in [0.25, 0.3) is 17.2 Å². The fraction of sp³-hybridized carbons (Fsp3) is 0.125. The third kappa shape index (κ3) is 3.90. The van der Waals surface area contributed by atoms with E-state index in [2.05, 4.69) is 17.4 Å². The predicted molar refractivity (Wildman–Crippen MR) is 108 cm³/mol. The monoisotopic (exact) mass is 391 g/mol. The maximum absolute atomic E-state index is 13.6. The van der Waals surface area contributed by atoms with E-state index >= 15 is 0 Å². The number of rotatable bonds is 5. The Balaban J connectivity index is 1.35. The van der Waals surface area contributed by atoms with Crippen molar-refractivity contribution in [3.05, 3.63) is 101 Å². The molecule has 1 aliphatic rings. The van der Waals surface area contributed by atoms with Crippen LogP contribution in [0, 0.1) is 11.6 Å². The van der Waals surface area contributed by atoms with E-state index in [1.807, 2.05) is 36.4 Å². The Hall–Kier alpha value is -3.47. The van der Waals surface area contributed by atoms with Crippen LogP contribution in [0.5, 0.6) is 0 Å². The first-order chi connectivity index (χ1) is 14.1. The molecule has 1 N–H and O–H groups in total. The molecule has 3 nitrogen and oxygen atoms in total. The van der Waals surface area contributed by atoms with Crippen LogP contribution in [-0.4, -0.2) is 19.2 Å². The Morgan fingerprint density at radius 1 is 0.897 bits per heavy atom. The van der Waals surface area contributed by atoms with E-state index in [1.165, 1.54) is 30.4 Å². The summed E-state index contributed by atoms with van der Waals surface area (Å²) in [6.07, 6.45) is 2.20. The second kappa shape index (κ2) is 8.27. The van der Waals surface area contributed by atoms with Gasteiger partial charge in [-0.3, -0.25) is 0 Å². The quantitative estimate of drug-likeness (QED) is 0.622. The number of amides is 1. The van der Waals surface area contributed by atoms with Gasteiger partial charge < -0.3 is 10.1 Å². The maximum atomic E-state index is 13.6. The van der Waals surface area contributed by atoms with Gasteiger partial charge in [-0.1, -0.05) is 66.7 Å². The van der Waals surface area contributed by atoms with Gasteiger partial charge in [-0.05, 0) is 34.4 Å². The number of benzene rings is 3. The molecule has 0 aromatic heterocycles. The maximum Gasteiger partial charge on any atom is 0.407 e. The number of ether oxygens (including phenoxy) is 1. The van der Waals surface area contributed by atoms with E-state index in [1.54, 1.807) is 0 Å². The van der Waals surface area contributed by atoms with E-state index in [9.17, 15) is 13.6 Å². The molecule has 146 valence electrons. The van der Waals surface area contributed by atoms with E-state index in [-0.39, 0.29) is 24.6 Å². The van der Waals surface area contributed by atoms with Crippen LogP contribution in [0.15, 0.2) is 72.8 Å². The topological polar surface area (TPSA) is 38.3 Å². The summed E-state index contributed by atoms with van der Waals surface area (Å²) in [6, 6.07) is 19.9. The molecule has 4 rings (SSSR count). The van der Waals surface area contributed by atoms with Gasteiger partial charge in [0.05, 0.1) is 0 Å². The second-order valence-electron chi connectivity index (χ2n) is 6.74. The number of hydrogen-bond acceptors (Lipinski definition) is 2. The van der Waals surface area contributed by atoms with E-state index in [0.717, 1.165) is 22.3 Å². The summed E-state index contributed by atoms with van der Waals surface area (Å²) >= 11 is 0. The zero-order valence-electron chi connectivity index (χ0n) is 15.6. The molecule has 29 heavy (non-hydrogen) atoms. The molecular formula is C24H19F2NO2. The minimum absolute atomic E-state index is 0.0174. The Morgan fingerprint density at radius 3 is 2.10 bits per heavy atom. The smallest absolute Gasteiger partial charge is 0.407 e. The molecule has 0 spiro atoms. The van der Waals surface area contributed by atoms with Crippen molar-refractivity contribution in [2.45, 2.75) is 5.92 Å². The summed E-state index contributed by atoms with van der Waals surface area (Å²) in [7, 11) is 0. The molecule has 1 amide bonds. The molecule has 0 saturated heterocycles. The second-order valence-corrected chi connectivity index (χ2v) is 6.74. The molecule has 0 fully saturated rings. The minimum atomic E-state index is -0.651. The van der Waals surface area contributed by atoms with Gasteiger partial charge in [0, 0.05) is 18.0 Å². The molecule has 0 aliphatic heterocycles. The molecule has 0 heterocycles. The number of carbonyl (C=O) groups is 1. The third-order valence-electron chi connectivity index (χ3n) is 4.99. The molecule has 3 aromatic carbocycles. The number of hydrogen-bond donors (Lipinski definition) is 1. The van der Waals surface area contributed by atoms with Crippen molar-refractivity contribution in [1.82, 2.24) is 5.32 Å². The van der Waals surface area contributed by atoms with E-state index in [4.69, 9.17) is 4.74 Å². The lowest BCUT2D eigenvalue weighted by Crippen LogP contribution is -2.26. The van der Waals surface area contributed by atoms with Gasteiger partial charge in [-0.25, -0.2) is 13.6 Å². The number of fused-ring (bicyclic) bond motifs is 3. The van der Waals surface area contributed by atoms with Crippen LogP contribution in [0.2, 0.25) is 0 Å². The van der Waals surface area contributed by atoms with Crippen molar-refractivity contribution in [3.63, 3.8) is 0 Å². The predicted octanol–water partition coefficient (Wildman–Crippen LogP) is 5.52. The zero-order valence-corrected chi connectivity index (χ0v) is 15.6. The lowest BCUT2D eigenvalue weighted by Gasteiger charge is -2.14. The van der Waals surface area contributed by atoms with Crippen molar-refractivity contribution >= 4 is 12.2 Å². The zero-order chi connectivity index (χ0) is 20.2. The van der Waals surface area contributed by atoms with Gasteiger partial charge >= 0.3 is 6.09 Å². The largest absolute Gasteiger partial charge is 0.449 e. The number of alkyl carbamates (subject to hydrolysis) is 1. The summed E-state index contributed by atoms with van der Waals surface area (Å²) in [4.78, 5) is 12.1. The van der Waals surface area contributed by atoms with Gasteiger partial charge in [0.15, 0.2) is 0 Å². The Labute approximate surface area is 167 Å². The summed E-state index contributed by atoms with van der Waals surface area (Å²) in [5.74, 6) is -1.32. The first kappa shape index (κ1) is 18.9. The molecule has 0 bridgehead atoms. The highest BCUT2D eigenvalue weighted by molar-refractivity contribution is 5.79. The summed E-state index contributed by atoms with van der Waals surface area (Å²) < 4.78 is 32.5. The summed E-state index contributed by atoms with van der Waals surface area (Å²) in [6.45, 7) is 0.315. The highest BCUT2D eigenvalue weighted by atomic mass is 19.1. The summed E-state index contributed by atoms with van der Waals surface area (Å²) in [5.41, 5.74) is 4.45. The van der Waals surface area contributed by atoms with Crippen molar-refractivity contribution < 1.29 is 18.3 Å². The number of halogens is 2. The standard InChI is InChI=1S/C24H19F2NO2/c25-22-12-5-13-23(26)20(22)11-6-14-27-24(28)29-15-21-18-9-3-1-7-16(18)17-8-2-4-10-19(17)21/h1-13,21H,14-15H2,(H,27,28). The van der Waals surface area contributed by atoms with Crippen LogP contribution in [0.1, 0.15) is 22.6 Å². The van der Waals surface area contributed by atoms with Crippen LogP contribution in [0.4, 0.5) is 13.6 Å². The lowest BCUT2D eigenvalue weighted by atomic mass is 9.98. The Morgan fingerprint density at radius 2 is 1.48 bits per heavy atom. The minimum Gasteiger partial charge on any atom is -0.449 e. The Kier molecular flexibility index (Phi) is 5.38. The Bertz CT molecular complexity index is 1010. The fourth-order valence-corrected chi connectivity index (χ4v) is 3.64. The first-order valence-electron chi connectivity index (χ1n) is 9.34.